The molecule has 0 aliphatic rings. The maximum atomic E-state index is 13.6. The molecule has 1 N–H and O–H groups in total. The molecule has 2 aromatic rings. The van der Waals surface area contributed by atoms with Crippen LogP contribution in [0.25, 0.3) is 0 Å². The van der Waals surface area contributed by atoms with Gasteiger partial charge in [0.05, 0.1) is 7.11 Å². The van der Waals surface area contributed by atoms with E-state index in [4.69, 9.17) is 4.74 Å². The Labute approximate surface area is 122 Å². The van der Waals surface area contributed by atoms with Crippen LogP contribution in [0.2, 0.25) is 0 Å². The maximum Gasteiger partial charge on any atom is 0.243 e. The zero-order valence-electron chi connectivity index (χ0n) is 11.6. The first-order chi connectivity index (χ1) is 9.92. The minimum absolute atomic E-state index is 0.0205. The van der Waals surface area contributed by atoms with Gasteiger partial charge in [-0.3, -0.25) is 0 Å². The molecule has 1 aromatic heterocycles. The van der Waals surface area contributed by atoms with Crippen LogP contribution in [-0.2, 0) is 16.6 Å². The standard InChI is InChI=1S/C14H15FN2O3S/c1-10-3-5-12(15)13(7-10)21(18,19)17-9-11-4-6-14(20-2)16-8-11/h3-8,17H,9H2,1-2H3. The monoisotopic (exact) mass is 310 g/mol. The van der Waals surface area contributed by atoms with Crippen LogP contribution in [0.5, 0.6) is 5.88 Å². The number of nitrogens with one attached hydrogen (secondary N) is 1. The molecule has 2 rings (SSSR count). The lowest BCUT2D eigenvalue weighted by Gasteiger charge is -2.08. The average molecular weight is 310 g/mol. The molecule has 0 aliphatic heterocycles. The molecule has 0 saturated carbocycles. The summed E-state index contributed by atoms with van der Waals surface area (Å²) in [5.41, 5.74) is 1.32. The predicted molar refractivity (Wildman–Crippen MR) is 76.0 cm³/mol. The van der Waals surface area contributed by atoms with Gasteiger partial charge in [0.2, 0.25) is 15.9 Å². The minimum atomic E-state index is -3.91. The number of hydrogen-bond donors (Lipinski definition) is 1. The van der Waals surface area contributed by atoms with Gasteiger partial charge in [-0.05, 0) is 30.2 Å². The zero-order chi connectivity index (χ0) is 15.5. The van der Waals surface area contributed by atoms with E-state index in [1.807, 2.05) is 0 Å². The van der Waals surface area contributed by atoms with Crippen LogP contribution in [0.15, 0.2) is 41.4 Å². The normalized spacial score (nSPS) is 11.4. The van der Waals surface area contributed by atoms with Crippen LogP contribution in [0.3, 0.4) is 0 Å². The third-order valence-electron chi connectivity index (χ3n) is 2.85. The SMILES string of the molecule is COc1ccc(CNS(=O)(=O)c2cc(C)ccc2F)cn1. The van der Waals surface area contributed by atoms with E-state index >= 15 is 0 Å². The molecule has 0 spiro atoms. The Morgan fingerprint density at radius 3 is 2.67 bits per heavy atom. The van der Waals surface area contributed by atoms with E-state index in [1.54, 1.807) is 19.1 Å². The fourth-order valence-corrected chi connectivity index (χ4v) is 2.89. The summed E-state index contributed by atoms with van der Waals surface area (Å²) in [4.78, 5) is 3.61. The topological polar surface area (TPSA) is 68.3 Å². The summed E-state index contributed by atoms with van der Waals surface area (Å²) in [6, 6.07) is 7.25. The summed E-state index contributed by atoms with van der Waals surface area (Å²) in [7, 11) is -2.42. The van der Waals surface area contributed by atoms with E-state index in [0.29, 0.717) is 17.0 Å². The van der Waals surface area contributed by atoms with Crippen molar-refractivity contribution in [2.75, 3.05) is 7.11 Å². The first kappa shape index (κ1) is 15.4. The van der Waals surface area contributed by atoms with Crippen molar-refractivity contribution < 1.29 is 17.5 Å². The quantitative estimate of drug-likeness (QED) is 0.917. The van der Waals surface area contributed by atoms with Gasteiger partial charge in [0, 0.05) is 18.8 Å². The fraction of sp³-hybridized carbons (Fsp3) is 0.214. The molecular formula is C14H15FN2O3S. The Hall–Kier alpha value is -1.99. The number of hydrogen-bond acceptors (Lipinski definition) is 4. The highest BCUT2D eigenvalue weighted by Crippen LogP contribution is 2.16. The second-order valence-corrected chi connectivity index (χ2v) is 6.20. The van der Waals surface area contributed by atoms with Crippen molar-refractivity contribution >= 4 is 10.0 Å². The average Bonchev–Trinajstić information content (AvgIpc) is 2.48. The first-order valence-electron chi connectivity index (χ1n) is 6.17. The van der Waals surface area contributed by atoms with Gasteiger partial charge in [0.25, 0.3) is 0 Å². The van der Waals surface area contributed by atoms with Crippen molar-refractivity contribution in [1.82, 2.24) is 9.71 Å². The van der Waals surface area contributed by atoms with E-state index in [2.05, 4.69) is 9.71 Å². The van der Waals surface area contributed by atoms with Crippen molar-refractivity contribution in [1.29, 1.82) is 0 Å². The Bertz CT molecular complexity index is 730. The number of halogens is 1. The molecule has 1 heterocycles. The number of nitrogens with zero attached hydrogens (tertiary/aromatic N) is 1. The van der Waals surface area contributed by atoms with Crippen molar-refractivity contribution in [2.45, 2.75) is 18.4 Å². The second kappa shape index (κ2) is 6.19. The van der Waals surface area contributed by atoms with Gasteiger partial charge >= 0.3 is 0 Å². The van der Waals surface area contributed by atoms with Crippen LogP contribution >= 0.6 is 0 Å². The number of benzene rings is 1. The number of methoxy groups -OCH3 is 1. The number of sulfonamides is 1. The summed E-state index contributed by atoms with van der Waals surface area (Å²) in [5.74, 6) is -0.340. The van der Waals surface area contributed by atoms with Crippen LogP contribution in [0, 0.1) is 12.7 Å². The molecule has 21 heavy (non-hydrogen) atoms. The van der Waals surface area contributed by atoms with Gasteiger partial charge in [0.1, 0.15) is 10.7 Å². The summed E-state index contributed by atoms with van der Waals surface area (Å²) in [6.45, 7) is 1.72. The molecule has 5 nitrogen and oxygen atoms in total. The number of aromatic nitrogens is 1. The summed E-state index contributed by atoms with van der Waals surface area (Å²) in [6.07, 6.45) is 1.49. The van der Waals surface area contributed by atoms with Gasteiger partial charge < -0.3 is 4.74 Å². The van der Waals surface area contributed by atoms with Crippen molar-refractivity contribution in [3.8, 4) is 5.88 Å². The highest BCUT2D eigenvalue weighted by molar-refractivity contribution is 7.89. The molecule has 0 bridgehead atoms. The van der Waals surface area contributed by atoms with E-state index in [-0.39, 0.29) is 11.4 Å². The second-order valence-electron chi connectivity index (χ2n) is 4.47. The lowest BCUT2D eigenvalue weighted by Crippen LogP contribution is -2.24. The Morgan fingerprint density at radius 1 is 1.29 bits per heavy atom. The highest BCUT2D eigenvalue weighted by atomic mass is 32.2. The Kier molecular flexibility index (Phi) is 4.54. The molecule has 0 atom stereocenters. The molecular weight excluding hydrogens is 295 g/mol. The fourth-order valence-electron chi connectivity index (χ4n) is 1.71. The van der Waals surface area contributed by atoms with Crippen LogP contribution < -0.4 is 9.46 Å². The molecule has 0 radical (unpaired) electrons. The van der Waals surface area contributed by atoms with E-state index in [1.165, 1.54) is 25.4 Å². The summed E-state index contributed by atoms with van der Waals surface area (Å²) >= 11 is 0. The number of pyridine rings is 1. The molecule has 1 aromatic carbocycles. The number of rotatable bonds is 5. The van der Waals surface area contributed by atoms with Gasteiger partial charge in [-0.1, -0.05) is 12.1 Å². The first-order valence-corrected chi connectivity index (χ1v) is 7.65. The Morgan fingerprint density at radius 2 is 2.05 bits per heavy atom. The molecule has 0 fully saturated rings. The van der Waals surface area contributed by atoms with Crippen molar-refractivity contribution in [3.63, 3.8) is 0 Å². The molecule has 112 valence electrons. The van der Waals surface area contributed by atoms with E-state index in [9.17, 15) is 12.8 Å². The minimum Gasteiger partial charge on any atom is -0.481 e. The number of aryl methyl sites for hydroxylation is 1. The third-order valence-corrected chi connectivity index (χ3v) is 4.27. The third kappa shape index (κ3) is 3.77. The van der Waals surface area contributed by atoms with Crippen LogP contribution in [0.1, 0.15) is 11.1 Å². The molecule has 7 heteroatoms. The van der Waals surface area contributed by atoms with E-state index < -0.39 is 15.8 Å². The predicted octanol–water partition coefficient (Wildman–Crippen LogP) is 2.02. The lowest BCUT2D eigenvalue weighted by molar-refractivity contribution is 0.397. The van der Waals surface area contributed by atoms with Crippen molar-refractivity contribution in [3.05, 3.63) is 53.5 Å². The smallest absolute Gasteiger partial charge is 0.243 e. The zero-order valence-corrected chi connectivity index (χ0v) is 12.4. The van der Waals surface area contributed by atoms with Gasteiger partial charge in [-0.25, -0.2) is 22.5 Å². The highest BCUT2D eigenvalue weighted by Gasteiger charge is 2.18. The Balaban J connectivity index is 2.15. The summed E-state index contributed by atoms with van der Waals surface area (Å²) < 4.78 is 45.1. The van der Waals surface area contributed by atoms with E-state index in [0.717, 1.165) is 6.07 Å². The van der Waals surface area contributed by atoms with Gasteiger partial charge in [0.15, 0.2) is 0 Å². The molecule has 0 unspecified atom stereocenters. The lowest BCUT2D eigenvalue weighted by atomic mass is 10.2. The van der Waals surface area contributed by atoms with Gasteiger partial charge in [-0.15, -0.1) is 0 Å². The molecule has 0 aliphatic carbocycles. The molecule has 0 amide bonds. The maximum absolute atomic E-state index is 13.6. The summed E-state index contributed by atoms with van der Waals surface area (Å²) in [5, 5.41) is 0. The molecule has 0 saturated heterocycles. The largest absolute Gasteiger partial charge is 0.481 e. The van der Waals surface area contributed by atoms with Crippen LogP contribution in [-0.4, -0.2) is 20.5 Å². The van der Waals surface area contributed by atoms with Crippen molar-refractivity contribution in [2.24, 2.45) is 0 Å². The van der Waals surface area contributed by atoms with Gasteiger partial charge in [-0.2, -0.15) is 0 Å². The van der Waals surface area contributed by atoms with Crippen LogP contribution in [0.4, 0.5) is 4.39 Å². The number of ether oxygens (including phenoxy) is 1.